The van der Waals surface area contributed by atoms with E-state index < -0.39 is 0 Å². The summed E-state index contributed by atoms with van der Waals surface area (Å²) in [6.07, 6.45) is 5.40. The second-order valence-corrected chi connectivity index (χ2v) is 5.40. The lowest BCUT2D eigenvalue weighted by atomic mass is 10.1. The van der Waals surface area contributed by atoms with Gasteiger partial charge >= 0.3 is 0 Å². The topological polar surface area (TPSA) is 31.0 Å². The first kappa shape index (κ1) is 12.5. The summed E-state index contributed by atoms with van der Waals surface area (Å²) in [6.45, 7) is 2.99. The molecule has 4 aromatic rings. The Hall–Kier alpha value is -2.26. The molecule has 0 saturated carbocycles. The number of halogens is 1. The second-order valence-electron chi connectivity index (χ2n) is 4.96. The van der Waals surface area contributed by atoms with Crippen LogP contribution < -0.4 is 0 Å². The highest BCUT2D eigenvalue weighted by Crippen LogP contribution is 2.38. The van der Waals surface area contributed by atoms with Gasteiger partial charge in [-0.1, -0.05) is 11.6 Å². The van der Waals surface area contributed by atoms with Crippen molar-refractivity contribution in [1.29, 1.82) is 0 Å². The fraction of sp³-hybridized carbons (Fsp3) is 0.118. The molecule has 0 atom stereocenters. The van der Waals surface area contributed by atoms with E-state index in [0.29, 0.717) is 5.02 Å². The fourth-order valence-electron chi connectivity index (χ4n) is 2.99. The largest absolute Gasteiger partial charge is 0.464 e. The fourth-order valence-corrected chi connectivity index (χ4v) is 3.21. The Kier molecular flexibility index (Phi) is 2.76. The smallest absolute Gasteiger partial charge is 0.136 e. The first-order valence-electron chi connectivity index (χ1n) is 6.89. The molecule has 0 spiro atoms. The maximum Gasteiger partial charge on any atom is 0.136 e. The zero-order valence-electron chi connectivity index (χ0n) is 11.5. The van der Waals surface area contributed by atoms with Gasteiger partial charge in [0.1, 0.15) is 5.76 Å². The van der Waals surface area contributed by atoms with Gasteiger partial charge < -0.3 is 8.98 Å². The highest BCUT2D eigenvalue weighted by atomic mass is 35.5. The van der Waals surface area contributed by atoms with Gasteiger partial charge in [0.15, 0.2) is 0 Å². The van der Waals surface area contributed by atoms with Crippen molar-refractivity contribution < 1.29 is 4.42 Å². The molecule has 0 amide bonds. The molecule has 21 heavy (non-hydrogen) atoms. The summed E-state index contributed by atoms with van der Waals surface area (Å²) in [4.78, 5) is 4.25. The Balaban J connectivity index is 2.25. The summed E-state index contributed by atoms with van der Waals surface area (Å²) in [5.41, 5.74) is 3.27. The van der Waals surface area contributed by atoms with E-state index in [9.17, 15) is 0 Å². The number of hydrogen-bond acceptors (Lipinski definition) is 2. The molecular formula is C17H13ClN2O. The monoisotopic (exact) mass is 296 g/mol. The van der Waals surface area contributed by atoms with E-state index in [2.05, 4.69) is 16.5 Å². The van der Waals surface area contributed by atoms with Crippen molar-refractivity contribution >= 4 is 33.4 Å². The van der Waals surface area contributed by atoms with Crippen LogP contribution >= 0.6 is 11.6 Å². The Morgan fingerprint density at radius 2 is 2.14 bits per heavy atom. The number of pyridine rings is 1. The molecule has 0 aliphatic rings. The molecule has 3 nitrogen and oxygen atoms in total. The molecule has 1 aromatic carbocycles. The lowest BCUT2D eigenvalue weighted by Crippen LogP contribution is -1.95. The number of furan rings is 1. The van der Waals surface area contributed by atoms with E-state index in [4.69, 9.17) is 16.0 Å². The summed E-state index contributed by atoms with van der Waals surface area (Å²) in [5, 5.41) is 3.01. The van der Waals surface area contributed by atoms with Gasteiger partial charge in [0.2, 0.25) is 0 Å². The van der Waals surface area contributed by atoms with Gasteiger partial charge in [-0.25, -0.2) is 0 Å². The highest BCUT2D eigenvalue weighted by Gasteiger charge is 2.16. The summed E-state index contributed by atoms with van der Waals surface area (Å²) in [7, 11) is 0. The number of nitrogens with zero attached hydrogens (tertiary/aromatic N) is 2. The first-order chi connectivity index (χ1) is 10.3. The van der Waals surface area contributed by atoms with Crippen molar-refractivity contribution in [1.82, 2.24) is 9.55 Å². The lowest BCUT2D eigenvalue weighted by Gasteiger charge is -2.07. The number of aromatic nitrogens is 2. The Bertz CT molecular complexity index is 938. The molecule has 0 aliphatic heterocycles. The second kappa shape index (κ2) is 4.64. The van der Waals surface area contributed by atoms with Crippen LogP contribution in [-0.2, 0) is 6.54 Å². The lowest BCUT2D eigenvalue weighted by molar-refractivity contribution is 0.582. The van der Waals surface area contributed by atoms with Gasteiger partial charge in [0.05, 0.1) is 23.5 Å². The standard InChI is InChI=1S/C17H13ClN2O/c1-2-20-15-10-19-6-5-12(15)13-8-11(18)9-14(17(13)20)16-4-3-7-21-16/h3-10H,2H2,1H3. The third-order valence-corrected chi connectivity index (χ3v) is 4.05. The highest BCUT2D eigenvalue weighted by molar-refractivity contribution is 6.32. The van der Waals surface area contributed by atoms with Gasteiger partial charge in [-0.15, -0.1) is 0 Å². The average Bonchev–Trinajstić information content (AvgIpc) is 3.12. The van der Waals surface area contributed by atoms with Gasteiger partial charge in [0.25, 0.3) is 0 Å². The van der Waals surface area contributed by atoms with Crippen molar-refractivity contribution in [2.75, 3.05) is 0 Å². The summed E-state index contributed by atoms with van der Waals surface area (Å²) in [5.74, 6) is 0.827. The Labute approximate surface area is 126 Å². The van der Waals surface area contributed by atoms with Crippen molar-refractivity contribution in [2.45, 2.75) is 13.5 Å². The Morgan fingerprint density at radius 1 is 1.24 bits per heavy atom. The minimum Gasteiger partial charge on any atom is -0.464 e. The van der Waals surface area contributed by atoms with Crippen LogP contribution in [0.5, 0.6) is 0 Å². The van der Waals surface area contributed by atoms with Crippen LogP contribution in [-0.4, -0.2) is 9.55 Å². The molecule has 104 valence electrons. The Morgan fingerprint density at radius 3 is 2.90 bits per heavy atom. The van der Waals surface area contributed by atoms with Crippen LogP contribution in [0.4, 0.5) is 0 Å². The predicted molar refractivity (Wildman–Crippen MR) is 85.6 cm³/mol. The van der Waals surface area contributed by atoms with Crippen LogP contribution in [0.25, 0.3) is 33.1 Å². The third-order valence-electron chi connectivity index (χ3n) is 3.83. The molecule has 4 heteroatoms. The zero-order valence-corrected chi connectivity index (χ0v) is 12.3. The molecule has 3 heterocycles. The summed E-state index contributed by atoms with van der Waals surface area (Å²) >= 11 is 6.33. The van der Waals surface area contributed by atoms with Crippen molar-refractivity contribution in [2.24, 2.45) is 0 Å². The number of rotatable bonds is 2. The number of aryl methyl sites for hydroxylation is 1. The molecule has 0 N–H and O–H groups in total. The summed E-state index contributed by atoms with van der Waals surface area (Å²) in [6, 6.07) is 9.86. The van der Waals surface area contributed by atoms with Crippen molar-refractivity contribution in [3.8, 4) is 11.3 Å². The maximum atomic E-state index is 6.33. The van der Waals surface area contributed by atoms with E-state index in [1.165, 1.54) is 0 Å². The van der Waals surface area contributed by atoms with E-state index in [1.807, 2.05) is 42.7 Å². The maximum absolute atomic E-state index is 6.33. The van der Waals surface area contributed by atoms with Crippen molar-refractivity contribution in [3.63, 3.8) is 0 Å². The van der Waals surface area contributed by atoms with Gasteiger partial charge in [-0.2, -0.15) is 0 Å². The van der Waals surface area contributed by atoms with Crippen LogP contribution in [0, 0.1) is 0 Å². The number of fused-ring (bicyclic) bond motifs is 3. The molecule has 0 fully saturated rings. The van der Waals surface area contributed by atoms with E-state index in [-0.39, 0.29) is 0 Å². The number of hydrogen-bond donors (Lipinski definition) is 0. The first-order valence-corrected chi connectivity index (χ1v) is 7.26. The minimum absolute atomic E-state index is 0.709. The van der Waals surface area contributed by atoms with E-state index >= 15 is 0 Å². The average molecular weight is 297 g/mol. The van der Waals surface area contributed by atoms with E-state index in [1.54, 1.807) is 6.26 Å². The quantitative estimate of drug-likeness (QED) is 0.514. The minimum atomic E-state index is 0.709. The third kappa shape index (κ3) is 1.78. The summed E-state index contributed by atoms with van der Waals surface area (Å²) < 4.78 is 7.85. The van der Waals surface area contributed by atoms with Gasteiger partial charge in [0, 0.05) is 34.1 Å². The molecule has 4 rings (SSSR count). The normalized spacial score (nSPS) is 11.5. The molecule has 0 saturated heterocycles. The van der Waals surface area contributed by atoms with Crippen LogP contribution in [0.1, 0.15) is 6.92 Å². The number of benzene rings is 1. The molecule has 0 unspecified atom stereocenters. The molecule has 0 radical (unpaired) electrons. The molecule has 0 aliphatic carbocycles. The zero-order chi connectivity index (χ0) is 14.4. The van der Waals surface area contributed by atoms with E-state index in [0.717, 1.165) is 39.7 Å². The predicted octanol–water partition coefficient (Wildman–Crippen LogP) is 5.12. The SMILES string of the molecule is CCn1c2cnccc2c2cc(Cl)cc(-c3ccco3)c21. The van der Waals surface area contributed by atoms with Gasteiger partial charge in [-0.3, -0.25) is 4.98 Å². The molecular weight excluding hydrogens is 284 g/mol. The van der Waals surface area contributed by atoms with Crippen LogP contribution in [0.15, 0.2) is 53.4 Å². The molecule has 0 bridgehead atoms. The van der Waals surface area contributed by atoms with Crippen LogP contribution in [0.3, 0.4) is 0 Å². The molecule has 3 aromatic heterocycles. The van der Waals surface area contributed by atoms with Crippen molar-refractivity contribution in [3.05, 3.63) is 54.0 Å². The van der Waals surface area contributed by atoms with Gasteiger partial charge in [-0.05, 0) is 37.3 Å². The van der Waals surface area contributed by atoms with Crippen LogP contribution in [0.2, 0.25) is 5.02 Å².